The van der Waals surface area contributed by atoms with E-state index < -0.39 is 0 Å². The van der Waals surface area contributed by atoms with Crippen LogP contribution in [0, 0.1) is 0 Å². The molecule has 0 saturated heterocycles. The molecule has 0 unspecified atom stereocenters. The van der Waals surface area contributed by atoms with Gasteiger partial charge in [0.15, 0.2) is 11.5 Å². The highest BCUT2D eigenvalue weighted by atomic mass is 79.9. The van der Waals surface area contributed by atoms with Gasteiger partial charge in [-0.05, 0) is 40.5 Å². The van der Waals surface area contributed by atoms with E-state index in [2.05, 4.69) is 25.9 Å². The monoisotopic (exact) mass is 339 g/mol. The molecule has 0 aliphatic rings. The Kier molecular flexibility index (Phi) is 4.75. The predicted molar refractivity (Wildman–Crippen MR) is 78.1 cm³/mol. The van der Waals surface area contributed by atoms with Gasteiger partial charge in [-0.15, -0.1) is 0 Å². The topological polar surface area (TPSA) is 90.2 Å². The summed E-state index contributed by atoms with van der Waals surface area (Å²) in [4.78, 5) is 17.9. The van der Waals surface area contributed by atoms with Crippen LogP contribution in [0.5, 0.6) is 17.4 Å². The molecule has 3 N–H and O–H groups in total. The molecule has 2 rings (SSSR count). The van der Waals surface area contributed by atoms with Crippen LogP contribution in [-0.2, 0) is 6.54 Å². The molecule has 6 nitrogen and oxygen atoms in total. The summed E-state index contributed by atoms with van der Waals surface area (Å²) in [6.07, 6.45) is 1.27. The third-order valence-corrected chi connectivity index (χ3v) is 3.21. The summed E-state index contributed by atoms with van der Waals surface area (Å²) < 4.78 is 11.4. The maximum Gasteiger partial charge on any atom is 0.268 e. The fourth-order valence-corrected chi connectivity index (χ4v) is 1.87. The Labute approximate surface area is 124 Å². The number of H-pyrrole nitrogens is 1. The smallest absolute Gasteiger partial charge is 0.268 e. The Morgan fingerprint density at radius 2 is 2.20 bits per heavy atom. The Hall–Kier alpha value is -1.86. The van der Waals surface area contributed by atoms with Crippen LogP contribution in [0.3, 0.4) is 0 Å². The summed E-state index contributed by atoms with van der Waals surface area (Å²) in [7, 11) is 0. The van der Waals surface area contributed by atoms with Crippen molar-refractivity contribution in [2.75, 3.05) is 6.61 Å². The Morgan fingerprint density at radius 3 is 2.90 bits per heavy atom. The summed E-state index contributed by atoms with van der Waals surface area (Å²) in [6.45, 7) is 2.78. The number of ether oxygens (including phenoxy) is 2. The highest BCUT2D eigenvalue weighted by Crippen LogP contribution is 2.33. The van der Waals surface area contributed by atoms with Crippen LogP contribution in [0.4, 0.5) is 0 Å². The molecular formula is C13H14BrN3O3. The number of rotatable bonds is 5. The Bertz CT molecular complexity index is 658. The van der Waals surface area contributed by atoms with Crippen molar-refractivity contribution in [3.8, 4) is 17.4 Å². The fourth-order valence-electron chi connectivity index (χ4n) is 1.57. The lowest BCUT2D eigenvalue weighted by Gasteiger charge is -2.12. The van der Waals surface area contributed by atoms with E-state index in [4.69, 9.17) is 15.2 Å². The third-order valence-electron chi connectivity index (χ3n) is 2.51. The SMILES string of the molecule is CCOc1cc(CN)ccc1Oc1nc[nH]c(=O)c1Br. The van der Waals surface area contributed by atoms with E-state index in [0.29, 0.717) is 24.7 Å². The molecule has 7 heteroatoms. The third kappa shape index (κ3) is 3.17. The van der Waals surface area contributed by atoms with Gasteiger partial charge in [-0.1, -0.05) is 6.07 Å². The Balaban J connectivity index is 2.37. The molecule has 2 aromatic rings. The van der Waals surface area contributed by atoms with E-state index in [1.54, 1.807) is 12.1 Å². The van der Waals surface area contributed by atoms with E-state index >= 15 is 0 Å². The number of hydrogen-bond donors (Lipinski definition) is 2. The minimum atomic E-state index is -0.313. The van der Waals surface area contributed by atoms with Gasteiger partial charge in [-0.2, -0.15) is 0 Å². The van der Waals surface area contributed by atoms with Gasteiger partial charge in [0.25, 0.3) is 5.56 Å². The molecule has 0 spiro atoms. The highest BCUT2D eigenvalue weighted by Gasteiger charge is 2.12. The van der Waals surface area contributed by atoms with E-state index in [9.17, 15) is 4.79 Å². The first kappa shape index (κ1) is 14.5. The molecule has 1 aromatic carbocycles. The number of aromatic amines is 1. The van der Waals surface area contributed by atoms with Crippen LogP contribution >= 0.6 is 15.9 Å². The lowest BCUT2D eigenvalue weighted by Crippen LogP contribution is -2.08. The second kappa shape index (κ2) is 6.53. The lowest BCUT2D eigenvalue weighted by molar-refractivity contribution is 0.318. The van der Waals surface area contributed by atoms with Crippen molar-refractivity contribution in [1.29, 1.82) is 0 Å². The predicted octanol–water partition coefficient (Wildman–Crippen LogP) is 2.18. The summed E-state index contributed by atoms with van der Waals surface area (Å²) in [5, 5.41) is 0. The molecule has 0 amide bonds. The van der Waals surface area contributed by atoms with Gasteiger partial charge in [0.05, 0.1) is 12.9 Å². The van der Waals surface area contributed by atoms with Crippen LogP contribution in [0.25, 0.3) is 0 Å². The number of nitrogens with zero attached hydrogens (tertiary/aromatic N) is 1. The first-order valence-electron chi connectivity index (χ1n) is 6.02. The summed E-state index contributed by atoms with van der Waals surface area (Å²) >= 11 is 3.14. The van der Waals surface area contributed by atoms with Gasteiger partial charge >= 0.3 is 0 Å². The van der Waals surface area contributed by atoms with E-state index in [1.165, 1.54) is 6.33 Å². The zero-order valence-electron chi connectivity index (χ0n) is 10.9. The van der Waals surface area contributed by atoms with Gasteiger partial charge in [-0.3, -0.25) is 4.79 Å². The van der Waals surface area contributed by atoms with Gasteiger partial charge in [0, 0.05) is 6.54 Å². The van der Waals surface area contributed by atoms with E-state index in [1.807, 2.05) is 13.0 Å². The van der Waals surface area contributed by atoms with Crippen molar-refractivity contribution < 1.29 is 9.47 Å². The molecule has 0 saturated carbocycles. The molecule has 0 aliphatic heterocycles. The van der Waals surface area contributed by atoms with Gasteiger partial charge in [-0.25, -0.2) is 4.98 Å². The molecule has 0 fully saturated rings. The molecule has 0 bridgehead atoms. The van der Waals surface area contributed by atoms with Crippen LogP contribution < -0.4 is 20.8 Å². The molecule has 20 heavy (non-hydrogen) atoms. The average Bonchev–Trinajstić information content (AvgIpc) is 2.46. The molecule has 0 aliphatic carbocycles. The number of nitrogens with one attached hydrogen (secondary N) is 1. The number of halogens is 1. The van der Waals surface area contributed by atoms with E-state index in [0.717, 1.165) is 5.56 Å². The summed E-state index contributed by atoms with van der Waals surface area (Å²) in [5.41, 5.74) is 6.22. The molecule has 0 atom stereocenters. The minimum Gasteiger partial charge on any atom is -0.490 e. The lowest BCUT2D eigenvalue weighted by atomic mass is 10.2. The molecule has 1 heterocycles. The van der Waals surface area contributed by atoms with Crippen molar-refractivity contribution in [2.24, 2.45) is 5.73 Å². The first-order valence-corrected chi connectivity index (χ1v) is 6.81. The van der Waals surface area contributed by atoms with Gasteiger partial charge in [0.1, 0.15) is 4.47 Å². The molecular weight excluding hydrogens is 326 g/mol. The second-order valence-electron chi connectivity index (χ2n) is 3.87. The van der Waals surface area contributed by atoms with Crippen molar-refractivity contribution in [1.82, 2.24) is 9.97 Å². The van der Waals surface area contributed by atoms with Crippen molar-refractivity contribution in [3.05, 3.63) is 44.9 Å². The molecule has 1 aromatic heterocycles. The molecule has 0 radical (unpaired) electrons. The number of benzene rings is 1. The standard InChI is InChI=1S/C13H14BrN3O3/c1-2-19-10-5-8(6-15)3-4-9(10)20-13-11(14)12(18)16-7-17-13/h3-5,7H,2,6,15H2,1H3,(H,16,17,18). The fraction of sp³-hybridized carbons (Fsp3) is 0.231. The minimum absolute atomic E-state index is 0.176. The number of hydrogen-bond acceptors (Lipinski definition) is 5. The van der Waals surface area contributed by atoms with Gasteiger partial charge in [0.2, 0.25) is 5.88 Å². The number of nitrogens with two attached hydrogens (primary N) is 1. The first-order chi connectivity index (χ1) is 9.65. The normalized spacial score (nSPS) is 10.3. The Morgan fingerprint density at radius 1 is 1.40 bits per heavy atom. The largest absolute Gasteiger partial charge is 0.490 e. The van der Waals surface area contributed by atoms with Crippen LogP contribution in [-0.4, -0.2) is 16.6 Å². The zero-order valence-corrected chi connectivity index (χ0v) is 12.4. The van der Waals surface area contributed by atoms with Crippen molar-refractivity contribution in [3.63, 3.8) is 0 Å². The molecule has 106 valence electrons. The van der Waals surface area contributed by atoms with Crippen LogP contribution in [0.2, 0.25) is 0 Å². The zero-order chi connectivity index (χ0) is 14.5. The van der Waals surface area contributed by atoms with E-state index in [-0.39, 0.29) is 15.9 Å². The maximum absolute atomic E-state index is 11.5. The quantitative estimate of drug-likeness (QED) is 0.871. The van der Waals surface area contributed by atoms with Gasteiger partial charge < -0.3 is 20.2 Å². The second-order valence-corrected chi connectivity index (χ2v) is 4.66. The average molecular weight is 340 g/mol. The number of aromatic nitrogens is 2. The summed E-state index contributed by atoms with van der Waals surface area (Å²) in [6, 6.07) is 5.38. The highest BCUT2D eigenvalue weighted by molar-refractivity contribution is 9.10. The van der Waals surface area contributed by atoms with Crippen molar-refractivity contribution >= 4 is 15.9 Å². The van der Waals surface area contributed by atoms with Crippen LogP contribution in [0.15, 0.2) is 33.8 Å². The van der Waals surface area contributed by atoms with Crippen LogP contribution in [0.1, 0.15) is 12.5 Å². The van der Waals surface area contributed by atoms with Crippen molar-refractivity contribution in [2.45, 2.75) is 13.5 Å². The summed E-state index contributed by atoms with van der Waals surface area (Å²) in [5.74, 6) is 1.21. The maximum atomic E-state index is 11.5.